The highest BCUT2D eigenvalue weighted by Gasteiger charge is 2.41. The number of rotatable bonds is 2. The second-order valence-electron chi connectivity index (χ2n) is 6.33. The Morgan fingerprint density at radius 2 is 1.86 bits per heavy atom. The molecule has 1 aliphatic heterocycles. The van der Waals surface area contributed by atoms with Gasteiger partial charge < -0.3 is 9.84 Å². The molecule has 0 aliphatic carbocycles. The van der Waals surface area contributed by atoms with Crippen LogP contribution in [0.15, 0.2) is 30.3 Å². The van der Waals surface area contributed by atoms with Crippen molar-refractivity contribution < 1.29 is 19.4 Å². The topological polar surface area (TPSA) is 66.8 Å². The molecule has 21 heavy (non-hydrogen) atoms. The van der Waals surface area contributed by atoms with Gasteiger partial charge in [0.15, 0.2) is 0 Å². The van der Waals surface area contributed by atoms with Crippen molar-refractivity contribution in [3.05, 3.63) is 35.9 Å². The Labute approximate surface area is 124 Å². The molecule has 2 atom stereocenters. The van der Waals surface area contributed by atoms with E-state index in [4.69, 9.17) is 4.74 Å². The molecule has 1 heterocycles. The van der Waals surface area contributed by atoms with Crippen molar-refractivity contribution in [1.29, 1.82) is 0 Å². The maximum atomic E-state index is 12.2. The fourth-order valence-corrected chi connectivity index (χ4v) is 2.56. The highest BCUT2D eigenvalue weighted by Crippen LogP contribution is 2.32. The number of aliphatic carboxylic acids is 1. The van der Waals surface area contributed by atoms with E-state index < -0.39 is 23.7 Å². The molecule has 5 heteroatoms. The summed E-state index contributed by atoms with van der Waals surface area (Å²) in [6, 6.07) is 8.84. The maximum Gasteiger partial charge on any atom is 0.411 e. The summed E-state index contributed by atoms with van der Waals surface area (Å²) in [4.78, 5) is 24.9. The number of amides is 1. The number of nitrogens with zero attached hydrogens (tertiary/aromatic N) is 1. The Morgan fingerprint density at radius 3 is 2.38 bits per heavy atom. The molecule has 114 valence electrons. The summed E-state index contributed by atoms with van der Waals surface area (Å²) in [5.74, 6) is -0.959. The average Bonchev–Trinajstić information content (AvgIpc) is 2.83. The molecule has 0 bridgehead atoms. The van der Waals surface area contributed by atoms with Crippen LogP contribution < -0.4 is 0 Å². The highest BCUT2D eigenvalue weighted by molar-refractivity contribution is 5.81. The Bertz CT molecular complexity index is 521. The van der Waals surface area contributed by atoms with E-state index in [0.717, 1.165) is 5.56 Å². The van der Waals surface area contributed by atoms with Gasteiger partial charge in [-0.05, 0) is 32.8 Å². The molecule has 1 unspecified atom stereocenters. The van der Waals surface area contributed by atoms with Crippen LogP contribution in [-0.4, -0.2) is 40.3 Å². The Balaban J connectivity index is 2.16. The van der Waals surface area contributed by atoms with E-state index in [1.165, 1.54) is 4.90 Å². The van der Waals surface area contributed by atoms with Gasteiger partial charge in [0.1, 0.15) is 11.6 Å². The minimum atomic E-state index is -0.987. The molecule has 1 fully saturated rings. The van der Waals surface area contributed by atoms with Gasteiger partial charge >= 0.3 is 12.1 Å². The molecule has 1 amide bonds. The number of hydrogen-bond acceptors (Lipinski definition) is 3. The molecule has 0 radical (unpaired) electrons. The second kappa shape index (κ2) is 5.76. The van der Waals surface area contributed by atoms with Crippen LogP contribution in [0.1, 0.15) is 38.7 Å². The van der Waals surface area contributed by atoms with E-state index in [1.807, 2.05) is 30.3 Å². The molecular formula is C16H21NO4. The van der Waals surface area contributed by atoms with Crippen molar-refractivity contribution in [1.82, 2.24) is 4.90 Å². The van der Waals surface area contributed by atoms with Gasteiger partial charge in [-0.1, -0.05) is 30.3 Å². The van der Waals surface area contributed by atoms with Gasteiger partial charge in [-0.2, -0.15) is 0 Å². The summed E-state index contributed by atoms with van der Waals surface area (Å²) in [5.41, 5.74) is 0.417. The molecule has 1 aromatic carbocycles. The van der Waals surface area contributed by atoms with E-state index in [1.54, 1.807) is 20.8 Å². The first-order valence-electron chi connectivity index (χ1n) is 7.05. The smallest absolute Gasteiger partial charge is 0.411 e. The minimum absolute atomic E-state index is 0.0276. The van der Waals surface area contributed by atoms with Crippen molar-refractivity contribution in [2.24, 2.45) is 0 Å². The van der Waals surface area contributed by atoms with Crippen LogP contribution >= 0.6 is 0 Å². The Kier molecular flexibility index (Phi) is 4.21. The summed E-state index contributed by atoms with van der Waals surface area (Å²) in [6.07, 6.45) is -0.146. The zero-order valence-corrected chi connectivity index (χ0v) is 12.6. The molecule has 0 saturated carbocycles. The lowest BCUT2D eigenvalue weighted by atomic mass is 9.96. The van der Waals surface area contributed by atoms with Gasteiger partial charge in [0.25, 0.3) is 0 Å². The van der Waals surface area contributed by atoms with Crippen LogP contribution in [0.25, 0.3) is 0 Å². The zero-order chi connectivity index (χ0) is 15.6. The lowest BCUT2D eigenvalue weighted by Gasteiger charge is -2.26. The first-order chi connectivity index (χ1) is 9.78. The van der Waals surface area contributed by atoms with Crippen LogP contribution in [0.5, 0.6) is 0 Å². The summed E-state index contributed by atoms with van der Waals surface area (Å²) in [7, 11) is 0. The summed E-state index contributed by atoms with van der Waals surface area (Å²) in [6.45, 7) is 5.68. The number of carboxylic acids is 1. The molecule has 1 saturated heterocycles. The number of ether oxygens (including phenoxy) is 1. The molecule has 5 nitrogen and oxygen atoms in total. The van der Waals surface area contributed by atoms with Gasteiger partial charge in [0.05, 0.1) is 0 Å². The third kappa shape index (κ3) is 3.74. The van der Waals surface area contributed by atoms with Gasteiger partial charge in [0.2, 0.25) is 0 Å². The third-order valence-electron chi connectivity index (χ3n) is 3.49. The number of hydrogen-bond donors (Lipinski definition) is 1. The lowest BCUT2D eigenvalue weighted by molar-refractivity contribution is -0.142. The zero-order valence-electron chi connectivity index (χ0n) is 12.6. The summed E-state index contributed by atoms with van der Waals surface area (Å²) < 4.78 is 5.31. The van der Waals surface area contributed by atoms with Gasteiger partial charge in [-0.15, -0.1) is 0 Å². The van der Waals surface area contributed by atoms with E-state index in [2.05, 4.69) is 0 Å². The SMILES string of the molecule is CC(C)(C)OC(=O)N1C[C@@H](c2ccccc2)CC1C(=O)O. The van der Waals surface area contributed by atoms with Crippen LogP contribution in [0, 0.1) is 0 Å². The third-order valence-corrected chi connectivity index (χ3v) is 3.49. The number of carbonyl (C=O) groups excluding carboxylic acids is 1. The molecule has 0 spiro atoms. The molecule has 1 aliphatic rings. The average molecular weight is 291 g/mol. The molecule has 1 N–H and O–H groups in total. The quantitative estimate of drug-likeness (QED) is 0.909. The first-order valence-corrected chi connectivity index (χ1v) is 7.05. The van der Waals surface area contributed by atoms with E-state index in [-0.39, 0.29) is 5.92 Å². The lowest BCUT2D eigenvalue weighted by Crippen LogP contribution is -2.43. The number of carboxylic acid groups (broad SMARTS) is 1. The largest absolute Gasteiger partial charge is 0.480 e. The van der Waals surface area contributed by atoms with Gasteiger partial charge in [-0.25, -0.2) is 9.59 Å². The van der Waals surface area contributed by atoms with E-state index >= 15 is 0 Å². The number of benzene rings is 1. The summed E-state index contributed by atoms with van der Waals surface area (Å²) in [5, 5.41) is 9.35. The predicted molar refractivity (Wildman–Crippen MR) is 78.2 cm³/mol. The normalized spacial score (nSPS) is 22.1. The van der Waals surface area contributed by atoms with E-state index in [0.29, 0.717) is 13.0 Å². The maximum absolute atomic E-state index is 12.2. The second-order valence-corrected chi connectivity index (χ2v) is 6.33. The summed E-state index contributed by atoms with van der Waals surface area (Å²) >= 11 is 0. The van der Waals surface area contributed by atoms with Gasteiger partial charge in [-0.3, -0.25) is 4.90 Å². The molecular weight excluding hydrogens is 270 g/mol. The van der Waals surface area contributed by atoms with Crippen molar-refractivity contribution in [3.8, 4) is 0 Å². The minimum Gasteiger partial charge on any atom is -0.480 e. The Hall–Kier alpha value is -2.04. The van der Waals surface area contributed by atoms with Crippen LogP contribution in [0.2, 0.25) is 0 Å². The van der Waals surface area contributed by atoms with Crippen molar-refractivity contribution in [3.63, 3.8) is 0 Å². The first kappa shape index (κ1) is 15.4. The fraction of sp³-hybridized carbons (Fsp3) is 0.500. The van der Waals surface area contributed by atoms with Crippen LogP contribution in [0.3, 0.4) is 0 Å². The predicted octanol–water partition coefficient (Wildman–Crippen LogP) is 2.86. The fourth-order valence-electron chi connectivity index (χ4n) is 2.56. The van der Waals surface area contributed by atoms with Gasteiger partial charge in [0, 0.05) is 12.5 Å². The van der Waals surface area contributed by atoms with Crippen LogP contribution in [0.4, 0.5) is 4.79 Å². The molecule has 1 aromatic rings. The number of likely N-dealkylation sites (tertiary alicyclic amines) is 1. The highest BCUT2D eigenvalue weighted by atomic mass is 16.6. The van der Waals surface area contributed by atoms with Crippen molar-refractivity contribution in [2.75, 3.05) is 6.54 Å². The van der Waals surface area contributed by atoms with Crippen LogP contribution in [-0.2, 0) is 9.53 Å². The standard InChI is InChI=1S/C16H21NO4/c1-16(2,3)21-15(20)17-10-12(9-13(17)14(18)19)11-7-5-4-6-8-11/h4-8,12-13H,9-10H2,1-3H3,(H,18,19)/t12-,13?/m0/s1. The van der Waals surface area contributed by atoms with E-state index in [9.17, 15) is 14.7 Å². The molecule has 2 rings (SSSR count). The monoisotopic (exact) mass is 291 g/mol. The Morgan fingerprint density at radius 1 is 1.24 bits per heavy atom. The number of carbonyl (C=O) groups is 2. The van der Waals surface area contributed by atoms with Crippen molar-refractivity contribution >= 4 is 12.1 Å². The molecule has 0 aromatic heterocycles. The van der Waals surface area contributed by atoms with Crippen molar-refractivity contribution in [2.45, 2.75) is 44.8 Å².